The van der Waals surface area contributed by atoms with Crippen molar-refractivity contribution < 1.29 is 15.0 Å². The van der Waals surface area contributed by atoms with Crippen LogP contribution in [0, 0.1) is 0 Å². The zero-order chi connectivity index (χ0) is 15.1. The number of carboxylic acid groups (broad SMARTS) is 1. The van der Waals surface area contributed by atoms with E-state index < -0.39 is 18.1 Å². The van der Waals surface area contributed by atoms with E-state index in [9.17, 15) is 9.90 Å². The maximum Gasteiger partial charge on any atom is 0.305 e. The van der Waals surface area contributed by atoms with Crippen LogP contribution >= 0.6 is 0 Å². The van der Waals surface area contributed by atoms with Gasteiger partial charge in [0.15, 0.2) is 0 Å². The monoisotopic (exact) mass is 278 g/mol. The Balaban J connectivity index is 2.83. The van der Waals surface area contributed by atoms with Gasteiger partial charge in [-0.25, -0.2) is 0 Å². The molecule has 2 unspecified atom stereocenters. The third kappa shape index (κ3) is 4.68. The van der Waals surface area contributed by atoms with Crippen molar-refractivity contribution in [2.75, 3.05) is 25.5 Å². The lowest BCUT2D eigenvalue weighted by Gasteiger charge is -2.23. The SMILES string of the molecule is C=CCNC(CC(=O)O)C(O)c1ccc(N(C)C)cc1. The van der Waals surface area contributed by atoms with Crippen molar-refractivity contribution in [3.63, 3.8) is 0 Å². The van der Waals surface area contributed by atoms with E-state index in [2.05, 4.69) is 11.9 Å². The number of hydrogen-bond acceptors (Lipinski definition) is 4. The van der Waals surface area contributed by atoms with Crippen LogP contribution in [0.15, 0.2) is 36.9 Å². The van der Waals surface area contributed by atoms with E-state index in [4.69, 9.17) is 5.11 Å². The lowest BCUT2D eigenvalue weighted by Crippen LogP contribution is -2.37. The smallest absolute Gasteiger partial charge is 0.305 e. The fourth-order valence-corrected chi connectivity index (χ4v) is 1.92. The second kappa shape index (κ2) is 7.67. The number of carbonyl (C=O) groups is 1. The minimum Gasteiger partial charge on any atom is -0.481 e. The molecular weight excluding hydrogens is 256 g/mol. The van der Waals surface area contributed by atoms with Gasteiger partial charge in [0.05, 0.1) is 12.5 Å². The van der Waals surface area contributed by atoms with Crippen LogP contribution in [0.1, 0.15) is 18.1 Å². The highest BCUT2D eigenvalue weighted by atomic mass is 16.4. The van der Waals surface area contributed by atoms with Crippen molar-refractivity contribution in [2.45, 2.75) is 18.6 Å². The number of aliphatic carboxylic acids is 1. The average molecular weight is 278 g/mol. The molecular formula is C15H22N2O3. The second-order valence-corrected chi connectivity index (χ2v) is 4.83. The summed E-state index contributed by atoms with van der Waals surface area (Å²) in [6, 6.07) is 6.86. The molecule has 0 fully saturated rings. The number of nitrogens with one attached hydrogen (secondary N) is 1. The highest BCUT2D eigenvalue weighted by Crippen LogP contribution is 2.22. The van der Waals surface area contributed by atoms with E-state index in [-0.39, 0.29) is 6.42 Å². The van der Waals surface area contributed by atoms with Gasteiger partial charge in [-0.3, -0.25) is 4.79 Å². The molecule has 1 aromatic carbocycles. The van der Waals surface area contributed by atoms with Crippen LogP contribution < -0.4 is 10.2 Å². The number of aliphatic hydroxyl groups is 1. The van der Waals surface area contributed by atoms with Crippen LogP contribution in [0.2, 0.25) is 0 Å². The zero-order valence-electron chi connectivity index (χ0n) is 11.9. The van der Waals surface area contributed by atoms with Gasteiger partial charge in [-0.05, 0) is 17.7 Å². The molecule has 0 radical (unpaired) electrons. The summed E-state index contributed by atoms with van der Waals surface area (Å²) >= 11 is 0. The first kappa shape index (κ1) is 16.2. The predicted octanol–water partition coefficient (Wildman–Crippen LogP) is 1.40. The first-order valence-electron chi connectivity index (χ1n) is 6.47. The van der Waals surface area contributed by atoms with Gasteiger partial charge < -0.3 is 20.4 Å². The second-order valence-electron chi connectivity index (χ2n) is 4.83. The first-order valence-corrected chi connectivity index (χ1v) is 6.47. The molecule has 0 spiro atoms. The van der Waals surface area contributed by atoms with Crippen LogP contribution in [0.4, 0.5) is 5.69 Å². The number of aliphatic hydroxyl groups excluding tert-OH is 1. The summed E-state index contributed by atoms with van der Waals surface area (Å²) in [7, 11) is 3.87. The summed E-state index contributed by atoms with van der Waals surface area (Å²) in [5, 5.41) is 22.2. The number of hydrogen-bond donors (Lipinski definition) is 3. The molecule has 5 heteroatoms. The van der Waals surface area contributed by atoms with Crippen molar-refractivity contribution >= 4 is 11.7 Å². The molecule has 0 aliphatic carbocycles. The van der Waals surface area contributed by atoms with Gasteiger partial charge >= 0.3 is 5.97 Å². The zero-order valence-corrected chi connectivity index (χ0v) is 11.9. The fourth-order valence-electron chi connectivity index (χ4n) is 1.92. The van der Waals surface area contributed by atoms with Gasteiger partial charge in [0, 0.05) is 32.4 Å². The standard InChI is InChI=1S/C15H22N2O3/c1-4-9-16-13(10-14(18)19)15(20)11-5-7-12(8-6-11)17(2)3/h4-8,13,15-16,20H,1,9-10H2,2-3H3,(H,18,19). The minimum atomic E-state index is -0.949. The highest BCUT2D eigenvalue weighted by molar-refractivity contribution is 5.67. The Morgan fingerprint density at radius 1 is 1.40 bits per heavy atom. The van der Waals surface area contributed by atoms with Crippen molar-refractivity contribution in [3.8, 4) is 0 Å². The van der Waals surface area contributed by atoms with E-state index in [1.54, 1.807) is 6.08 Å². The van der Waals surface area contributed by atoms with Crippen molar-refractivity contribution in [1.29, 1.82) is 0 Å². The number of nitrogens with zero attached hydrogens (tertiary/aromatic N) is 1. The van der Waals surface area contributed by atoms with E-state index >= 15 is 0 Å². The number of carboxylic acids is 1. The molecule has 0 saturated carbocycles. The third-order valence-electron chi connectivity index (χ3n) is 3.05. The normalized spacial score (nSPS) is 13.6. The first-order chi connectivity index (χ1) is 9.45. The molecule has 0 aliphatic rings. The highest BCUT2D eigenvalue weighted by Gasteiger charge is 2.22. The summed E-state index contributed by atoms with van der Waals surface area (Å²) in [6.45, 7) is 4.03. The van der Waals surface area contributed by atoms with Gasteiger partial charge in [-0.1, -0.05) is 18.2 Å². The van der Waals surface area contributed by atoms with Gasteiger partial charge in [0.2, 0.25) is 0 Å². The Kier molecular flexibility index (Phi) is 6.21. The van der Waals surface area contributed by atoms with Crippen molar-refractivity contribution in [2.24, 2.45) is 0 Å². The molecule has 2 atom stereocenters. The fraction of sp³-hybridized carbons (Fsp3) is 0.400. The van der Waals surface area contributed by atoms with Gasteiger partial charge in [-0.2, -0.15) is 0 Å². The summed E-state index contributed by atoms with van der Waals surface area (Å²) < 4.78 is 0. The van der Waals surface area contributed by atoms with Crippen molar-refractivity contribution in [3.05, 3.63) is 42.5 Å². The lowest BCUT2D eigenvalue weighted by atomic mass is 9.99. The van der Waals surface area contributed by atoms with Crippen LogP contribution in [-0.4, -0.2) is 42.9 Å². The third-order valence-corrected chi connectivity index (χ3v) is 3.05. The summed E-state index contributed by atoms with van der Waals surface area (Å²) in [5.74, 6) is -0.949. The summed E-state index contributed by atoms with van der Waals surface area (Å²) in [5.41, 5.74) is 1.72. The molecule has 1 aromatic rings. The molecule has 0 amide bonds. The van der Waals surface area contributed by atoms with E-state index in [0.29, 0.717) is 12.1 Å². The van der Waals surface area contributed by atoms with Gasteiger partial charge in [0.1, 0.15) is 0 Å². The van der Waals surface area contributed by atoms with Crippen LogP contribution in [0.3, 0.4) is 0 Å². The van der Waals surface area contributed by atoms with E-state index in [0.717, 1.165) is 5.69 Å². The van der Waals surface area contributed by atoms with E-state index in [1.807, 2.05) is 43.3 Å². The predicted molar refractivity (Wildman–Crippen MR) is 80.0 cm³/mol. The van der Waals surface area contributed by atoms with Crippen LogP contribution in [-0.2, 0) is 4.79 Å². The molecule has 5 nitrogen and oxygen atoms in total. The number of benzene rings is 1. The summed E-state index contributed by atoms with van der Waals surface area (Å²) in [4.78, 5) is 12.8. The Labute approximate surface area is 119 Å². The molecule has 0 saturated heterocycles. The maximum atomic E-state index is 10.9. The Hall–Kier alpha value is -1.85. The molecule has 0 heterocycles. The molecule has 0 aromatic heterocycles. The Morgan fingerprint density at radius 3 is 2.45 bits per heavy atom. The molecule has 0 bridgehead atoms. The van der Waals surface area contributed by atoms with E-state index in [1.165, 1.54) is 0 Å². The average Bonchev–Trinajstić information content (AvgIpc) is 2.42. The van der Waals surface area contributed by atoms with Gasteiger partial charge in [0.25, 0.3) is 0 Å². The number of rotatable bonds is 8. The molecule has 110 valence electrons. The molecule has 20 heavy (non-hydrogen) atoms. The lowest BCUT2D eigenvalue weighted by molar-refractivity contribution is -0.138. The molecule has 3 N–H and O–H groups in total. The summed E-state index contributed by atoms with van der Waals surface area (Å²) in [6.07, 6.45) is 0.614. The van der Waals surface area contributed by atoms with Crippen LogP contribution in [0.5, 0.6) is 0 Å². The minimum absolute atomic E-state index is 0.148. The quantitative estimate of drug-likeness (QED) is 0.627. The Morgan fingerprint density at radius 2 is 2.00 bits per heavy atom. The molecule has 1 rings (SSSR count). The molecule has 0 aliphatic heterocycles. The maximum absolute atomic E-state index is 10.9. The topological polar surface area (TPSA) is 72.8 Å². The van der Waals surface area contributed by atoms with Crippen LogP contribution in [0.25, 0.3) is 0 Å². The number of anilines is 1. The van der Waals surface area contributed by atoms with Gasteiger partial charge in [-0.15, -0.1) is 6.58 Å². The Bertz CT molecular complexity index is 443. The largest absolute Gasteiger partial charge is 0.481 e. The van der Waals surface area contributed by atoms with Crippen molar-refractivity contribution in [1.82, 2.24) is 5.32 Å².